The van der Waals surface area contributed by atoms with Crippen molar-refractivity contribution in [1.82, 2.24) is 9.88 Å². The maximum atomic E-state index is 12.9. The van der Waals surface area contributed by atoms with Crippen LogP contribution in [0.2, 0.25) is 4.34 Å². The number of hydrogen-bond acceptors (Lipinski definition) is 4. The number of rotatable bonds is 6. The van der Waals surface area contributed by atoms with Crippen LogP contribution in [-0.4, -0.2) is 34.4 Å². The van der Waals surface area contributed by atoms with E-state index in [1.165, 1.54) is 11.3 Å². The molecule has 0 aliphatic heterocycles. The molecule has 0 radical (unpaired) electrons. The lowest BCUT2D eigenvalue weighted by molar-refractivity contribution is 0.0376. The molecule has 1 amide bonds. The van der Waals surface area contributed by atoms with Gasteiger partial charge in [-0.3, -0.25) is 4.79 Å². The molecule has 0 saturated carbocycles. The number of aromatic nitrogens is 1. The Bertz CT molecular complexity index is 779. The zero-order chi connectivity index (χ0) is 18.7. The number of carbonyl (C=O) groups is 2. The molecule has 0 spiro atoms. The third-order valence-corrected chi connectivity index (χ3v) is 5.06. The van der Waals surface area contributed by atoms with Gasteiger partial charge in [0.15, 0.2) is 0 Å². The van der Waals surface area contributed by atoms with Crippen molar-refractivity contribution >= 4 is 34.8 Å². The first-order valence-electron chi connectivity index (χ1n) is 8.18. The van der Waals surface area contributed by atoms with Crippen molar-refractivity contribution in [3.05, 3.63) is 43.9 Å². The van der Waals surface area contributed by atoms with E-state index in [4.69, 9.17) is 16.3 Å². The Labute approximate surface area is 156 Å². The molecule has 2 heterocycles. The van der Waals surface area contributed by atoms with Gasteiger partial charge < -0.3 is 14.6 Å². The van der Waals surface area contributed by atoms with E-state index in [1.807, 2.05) is 19.1 Å². The Balaban J connectivity index is 2.27. The summed E-state index contributed by atoms with van der Waals surface area (Å²) in [5, 5.41) is 0. The zero-order valence-corrected chi connectivity index (χ0v) is 16.7. The van der Waals surface area contributed by atoms with Crippen molar-refractivity contribution in [2.24, 2.45) is 0 Å². The van der Waals surface area contributed by atoms with E-state index >= 15 is 0 Å². The Kier molecular flexibility index (Phi) is 6.30. The van der Waals surface area contributed by atoms with E-state index < -0.39 is 5.97 Å². The number of H-pyrrole nitrogens is 1. The van der Waals surface area contributed by atoms with E-state index in [0.717, 1.165) is 4.88 Å². The summed E-state index contributed by atoms with van der Waals surface area (Å²) in [7, 11) is 0. The Morgan fingerprint density at radius 1 is 1.32 bits per heavy atom. The summed E-state index contributed by atoms with van der Waals surface area (Å²) in [6.07, 6.45) is -0.212. The fourth-order valence-electron chi connectivity index (χ4n) is 2.65. The molecule has 5 nitrogen and oxygen atoms in total. The minimum Gasteiger partial charge on any atom is -0.459 e. The lowest BCUT2D eigenvalue weighted by Crippen LogP contribution is -2.30. The van der Waals surface area contributed by atoms with Crippen molar-refractivity contribution in [3.63, 3.8) is 0 Å². The molecule has 136 valence electrons. The van der Waals surface area contributed by atoms with Crippen LogP contribution in [0.5, 0.6) is 0 Å². The van der Waals surface area contributed by atoms with Gasteiger partial charge in [0, 0.05) is 17.1 Å². The van der Waals surface area contributed by atoms with Gasteiger partial charge in [0.05, 0.1) is 22.5 Å². The second-order valence-corrected chi connectivity index (χ2v) is 7.90. The Hall–Kier alpha value is -1.79. The van der Waals surface area contributed by atoms with E-state index in [9.17, 15) is 9.59 Å². The van der Waals surface area contributed by atoms with E-state index in [0.29, 0.717) is 39.9 Å². The number of nitrogens with zero attached hydrogens (tertiary/aromatic N) is 1. The molecule has 2 aromatic heterocycles. The number of carbonyl (C=O) groups excluding carboxylic acids is 2. The van der Waals surface area contributed by atoms with Crippen molar-refractivity contribution in [3.8, 4) is 0 Å². The smallest absolute Gasteiger partial charge is 0.340 e. The van der Waals surface area contributed by atoms with Crippen molar-refractivity contribution < 1.29 is 14.3 Å². The molecule has 25 heavy (non-hydrogen) atoms. The first-order valence-corrected chi connectivity index (χ1v) is 9.37. The van der Waals surface area contributed by atoms with Crippen molar-refractivity contribution in [2.45, 2.75) is 47.3 Å². The van der Waals surface area contributed by atoms with Gasteiger partial charge in [0.1, 0.15) is 5.69 Å². The highest BCUT2D eigenvalue weighted by Gasteiger charge is 2.26. The lowest BCUT2D eigenvalue weighted by Gasteiger charge is -2.20. The summed E-state index contributed by atoms with van der Waals surface area (Å²) in [6.45, 7) is 10.1. The topological polar surface area (TPSA) is 62.4 Å². The summed E-state index contributed by atoms with van der Waals surface area (Å²) < 4.78 is 5.98. The van der Waals surface area contributed by atoms with E-state index in [2.05, 4.69) is 4.98 Å². The van der Waals surface area contributed by atoms with Crippen molar-refractivity contribution in [2.75, 3.05) is 6.54 Å². The predicted octanol–water partition coefficient (Wildman–Crippen LogP) is 4.57. The molecule has 7 heteroatoms. The molecular weight excluding hydrogens is 360 g/mol. The maximum Gasteiger partial charge on any atom is 0.340 e. The van der Waals surface area contributed by atoms with E-state index in [-0.39, 0.29) is 12.0 Å². The minimum absolute atomic E-state index is 0.142. The highest BCUT2D eigenvalue weighted by Crippen LogP contribution is 2.25. The third-order valence-electron chi connectivity index (χ3n) is 3.84. The molecule has 0 saturated heterocycles. The molecule has 1 N–H and O–H groups in total. The molecular formula is C18H23ClN2O3S. The standard InChI is InChI=1S/C18H23ClN2O3S/c1-6-21(9-13-7-8-14(19)25-13)17(22)16-11(4)15(12(5)20-16)18(23)24-10(2)3/h7-8,10,20H,6,9H2,1-5H3. The number of hydrogen-bond donors (Lipinski definition) is 1. The zero-order valence-electron chi connectivity index (χ0n) is 15.1. The van der Waals surface area contributed by atoms with Gasteiger partial charge in [-0.2, -0.15) is 0 Å². The highest BCUT2D eigenvalue weighted by molar-refractivity contribution is 7.16. The number of nitrogens with one attached hydrogen (secondary N) is 1. The van der Waals surface area contributed by atoms with Crippen LogP contribution in [0.1, 0.15) is 57.8 Å². The monoisotopic (exact) mass is 382 g/mol. The fourth-order valence-corrected chi connectivity index (χ4v) is 3.76. The van der Waals surface area contributed by atoms with Crippen LogP contribution in [0.4, 0.5) is 0 Å². The van der Waals surface area contributed by atoms with E-state index in [1.54, 1.807) is 32.6 Å². The van der Waals surface area contributed by atoms with Gasteiger partial charge in [0.2, 0.25) is 0 Å². The summed E-state index contributed by atoms with van der Waals surface area (Å²) in [4.78, 5) is 31.0. The molecule has 0 aliphatic carbocycles. The third kappa shape index (κ3) is 4.44. The second-order valence-electron chi connectivity index (χ2n) is 6.10. The van der Waals surface area contributed by atoms with Gasteiger partial charge in [-0.15, -0.1) is 11.3 Å². The molecule has 0 aliphatic rings. The summed E-state index contributed by atoms with van der Waals surface area (Å²) in [5.41, 5.74) is 2.13. The SMILES string of the molecule is CCN(Cc1ccc(Cl)s1)C(=O)c1[nH]c(C)c(C(=O)OC(C)C)c1C. The normalized spacial score (nSPS) is 11.0. The number of ether oxygens (including phenoxy) is 1. The first-order chi connectivity index (χ1) is 11.7. The van der Waals surface area contributed by atoms with Gasteiger partial charge in [0.25, 0.3) is 5.91 Å². The van der Waals surface area contributed by atoms with Gasteiger partial charge >= 0.3 is 5.97 Å². The van der Waals surface area contributed by atoms with Crippen LogP contribution in [0.15, 0.2) is 12.1 Å². The minimum atomic E-state index is -0.409. The summed E-state index contributed by atoms with van der Waals surface area (Å²) in [6, 6.07) is 3.74. The number of amides is 1. The predicted molar refractivity (Wildman–Crippen MR) is 101 cm³/mol. The summed E-state index contributed by atoms with van der Waals surface area (Å²) >= 11 is 7.42. The molecule has 0 bridgehead atoms. The number of aryl methyl sites for hydroxylation is 1. The molecule has 0 fully saturated rings. The molecule has 0 aromatic carbocycles. The first kappa shape index (κ1) is 19.5. The fraction of sp³-hybridized carbons (Fsp3) is 0.444. The quantitative estimate of drug-likeness (QED) is 0.744. The molecule has 0 unspecified atom stereocenters. The van der Waals surface area contributed by atoms with Crippen LogP contribution in [0, 0.1) is 13.8 Å². The van der Waals surface area contributed by atoms with Crippen molar-refractivity contribution in [1.29, 1.82) is 0 Å². The lowest BCUT2D eigenvalue weighted by atomic mass is 10.1. The highest BCUT2D eigenvalue weighted by atomic mass is 35.5. The summed E-state index contributed by atoms with van der Waals surface area (Å²) in [5.74, 6) is -0.551. The average Bonchev–Trinajstić information content (AvgIpc) is 3.06. The number of thiophene rings is 1. The van der Waals surface area contributed by atoms with Crippen LogP contribution in [0.3, 0.4) is 0 Å². The number of aromatic amines is 1. The number of esters is 1. The van der Waals surface area contributed by atoms with Crippen LogP contribution in [0.25, 0.3) is 0 Å². The van der Waals surface area contributed by atoms with Crippen LogP contribution in [-0.2, 0) is 11.3 Å². The van der Waals surface area contributed by atoms with Crippen LogP contribution >= 0.6 is 22.9 Å². The van der Waals surface area contributed by atoms with Gasteiger partial charge in [-0.25, -0.2) is 4.79 Å². The van der Waals surface area contributed by atoms with Gasteiger partial charge in [-0.1, -0.05) is 11.6 Å². The van der Waals surface area contributed by atoms with Crippen LogP contribution < -0.4 is 0 Å². The average molecular weight is 383 g/mol. The number of halogens is 1. The molecule has 2 rings (SSSR count). The van der Waals surface area contributed by atoms with Gasteiger partial charge in [-0.05, 0) is 52.3 Å². The Morgan fingerprint density at radius 3 is 2.52 bits per heavy atom. The largest absolute Gasteiger partial charge is 0.459 e. The second kappa shape index (κ2) is 8.06. The molecule has 2 aromatic rings. The Morgan fingerprint density at radius 2 is 2.00 bits per heavy atom. The molecule has 0 atom stereocenters. The maximum absolute atomic E-state index is 12.9.